The van der Waals surface area contributed by atoms with Crippen molar-refractivity contribution in [1.82, 2.24) is 15.1 Å². The van der Waals surface area contributed by atoms with Crippen molar-refractivity contribution in [2.75, 3.05) is 13.1 Å². The van der Waals surface area contributed by atoms with Gasteiger partial charge in [-0.2, -0.15) is 10.4 Å². The van der Waals surface area contributed by atoms with Gasteiger partial charge in [-0.1, -0.05) is 67.1 Å². The lowest BCUT2D eigenvalue weighted by atomic mass is 9.90. The summed E-state index contributed by atoms with van der Waals surface area (Å²) in [7, 11) is 1.87. The minimum absolute atomic E-state index is 0.182. The van der Waals surface area contributed by atoms with Crippen LogP contribution in [-0.2, 0) is 11.8 Å². The Labute approximate surface area is 237 Å². The van der Waals surface area contributed by atoms with Crippen LogP contribution in [0.4, 0.5) is 0 Å². The molecule has 0 fully saturated rings. The van der Waals surface area contributed by atoms with E-state index in [2.05, 4.69) is 41.6 Å². The van der Waals surface area contributed by atoms with Gasteiger partial charge in [0.25, 0.3) is 0 Å². The summed E-state index contributed by atoms with van der Waals surface area (Å²) in [4.78, 5) is 13.4. The van der Waals surface area contributed by atoms with Crippen molar-refractivity contribution in [1.29, 1.82) is 5.26 Å². The van der Waals surface area contributed by atoms with Gasteiger partial charge in [0.15, 0.2) is 5.75 Å². The summed E-state index contributed by atoms with van der Waals surface area (Å²) in [6.45, 7) is 3.52. The lowest BCUT2D eigenvalue weighted by molar-refractivity contribution is -0.120. The zero-order chi connectivity index (χ0) is 28.2. The topological polar surface area (TPSA) is 79.9 Å². The van der Waals surface area contributed by atoms with Gasteiger partial charge in [0, 0.05) is 26.6 Å². The third kappa shape index (κ3) is 8.65. The standard InChI is InChI=1S/C34H38N4O2/c1-26(29-18-15-28(21-35)16-19-29)22-36-24-33(30-11-4-3-5-12-30)34(39)14-8-10-27-9-6-7-13-31(20-17-27)40-32-23-37-38(2)25-32/h3-5,9,11-13,15-20,23,25-26,33,36H,6-8,10,14,22,24H2,1-2H3/b20-17?,27-9?,31-13-/t26-,33-/m0/s1. The number of rotatable bonds is 13. The number of aryl methyl sites for hydroxylation is 1. The summed E-state index contributed by atoms with van der Waals surface area (Å²) in [6, 6.07) is 20.0. The quantitative estimate of drug-likeness (QED) is 0.262. The van der Waals surface area contributed by atoms with E-state index in [0.717, 1.165) is 49.3 Å². The normalized spacial score (nSPS) is 16.0. The van der Waals surface area contributed by atoms with Gasteiger partial charge >= 0.3 is 0 Å². The fourth-order valence-electron chi connectivity index (χ4n) is 4.86. The van der Waals surface area contributed by atoms with Crippen molar-refractivity contribution in [2.24, 2.45) is 7.05 Å². The van der Waals surface area contributed by atoms with Gasteiger partial charge in [-0.15, -0.1) is 0 Å². The number of ketones is 1. The predicted molar refractivity (Wildman–Crippen MR) is 159 cm³/mol. The van der Waals surface area contributed by atoms with Crippen LogP contribution in [0.15, 0.2) is 103 Å². The molecule has 1 aromatic heterocycles. The number of ether oxygens (including phenoxy) is 1. The number of Topliss-reactive ketones (excluding diaryl/α,β-unsaturated/α-hetero) is 1. The first-order valence-corrected chi connectivity index (χ1v) is 14.0. The lowest BCUT2D eigenvalue weighted by Gasteiger charge is -2.19. The molecule has 6 heteroatoms. The van der Waals surface area contributed by atoms with Crippen LogP contribution in [0.2, 0.25) is 0 Å². The Morgan fingerprint density at radius 3 is 2.55 bits per heavy atom. The maximum Gasteiger partial charge on any atom is 0.165 e. The first kappa shape index (κ1) is 28.8. The Morgan fingerprint density at radius 1 is 1.05 bits per heavy atom. The molecule has 206 valence electrons. The van der Waals surface area contributed by atoms with E-state index < -0.39 is 0 Å². The van der Waals surface area contributed by atoms with Crippen LogP contribution in [0, 0.1) is 11.3 Å². The molecule has 4 rings (SSSR count). The first-order valence-electron chi connectivity index (χ1n) is 14.0. The number of hydrogen-bond donors (Lipinski definition) is 1. The number of allylic oxidation sites excluding steroid dienone is 5. The van der Waals surface area contributed by atoms with Crippen LogP contribution in [0.25, 0.3) is 0 Å². The van der Waals surface area contributed by atoms with E-state index in [1.165, 1.54) is 11.1 Å². The zero-order valence-electron chi connectivity index (χ0n) is 23.4. The highest BCUT2D eigenvalue weighted by Gasteiger charge is 2.20. The molecule has 0 aliphatic heterocycles. The van der Waals surface area contributed by atoms with Gasteiger partial charge in [0.05, 0.1) is 29.9 Å². The average Bonchev–Trinajstić information content (AvgIpc) is 3.38. The highest BCUT2D eigenvalue weighted by atomic mass is 16.5. The molecule has 0 radical (unpaired) electrons. The molecule has 1 heterocycles. The van der Waals surface area contributed by atoms with E-state index >= 15 is 0 Å². The number of carbonyl (C=O) groups excluding carboxylic acids is 1. The highest BCUT2D eigenvalue weighted by molar-refractivity contribution is 5.86. The Morgan fingerprint density at radius 2 is 1.82 bits per heavy atom. The van der Waals surface area contributed by atoms with Crippen LogP contribution >= 0.6 is 0 Å². The van der Waals surface area contributed by atoms with Crippen molar-refractivity contribution in [2.45, 2.75) is 50.9 Å². The van der Waals surface area contributed by atoms with Crippen molar-refractivity contribution in [3.63, 3.8) is 0 Å². The van der Waals surface area contributed by atoms with E-state index in [0.29, 0.717) is 18.5 Å². The monoisotopic (exact) mass is 534 g/mol. The molecule has 2 atom stereocenters. The van der Waals surface area contributed by atoms with Gasteiger partial charge < -0.3 is 10.1 Å². The molecule has 0 amide bonds. The minimum Gasteiger partial charge on any atom is -0.454 e. The SMILES string of the molecule is C[C@@H](CNC[C@H](C(=O)CCCC1=CCC/C=C(\Oc2cnn(C)c2)C=C1)c1ccccc1)c1ccc(C#N)cc1. The second-order valence-corrected chi connectivity index (χ2v) is 10.3. The molecule has 1 N–H and O–H groups in total. The van der Waals surface area contributed by atoms with E-state index in [1.54, 1.807) is 10.9 Å². The third-order valence-electron chi connectivity index (χ3n) is 7.18. The van der Waals surface area contributed by atoms with Crippen molar-refractivity contribution < 1.29 is 9.53 Å². The van der Waals surface area contributed by atoms with Crippen LogP contribution in [0.1, 0.15) is 67.6 Å². The van der Waals surface area contributed by atoms with Gasteiger partial charge in [-0.25, -0.2) is 0 Å². The van der Waals surface area contributed by atoms with E-state index in [1.807, 2.05) is 73.9 Å². The largest absolute Gasteiger partial charge is 0.454 e. The number of benzene rings is 2. The predicted octanol–water partition coefficient (Wildman–Crippen LogP) is 6.75. The summed E-state index contributed by atoms with van der Waals surface area (Å²) < 4.78 is 7.69. The molecule has 3 aromatic rings. The Hall–Kier alpha value is -4.21. The zero-order valence-corrected chi connectivity index (χ0v) is 23.4. The molecular weight excluding hydrogens is 496 g/mol. The molecule has 0 spiro atoms. The second kappa shape index (κ2) is 14.8. The number of nitrogens with zero attached hydrogens (tertiary/aromatic N) is 3. The van der Waals surface area contributed by atoms with Gasteiger partial charge in [-0.05, 0) is 67.0 Å². The fraction of sp³-hybridized carbons (Fsp3) is 0.324. The Balaban J connectivity index is 1.29. The fourth-order valence-corrected chi connectivity index (χ4v) is 4.86. The van der Waals surface area contributed by atoms with Crippen molar-refractivity contribution >= 4 is 5.78 Å². The average molecular weight is 535 g/mol. The molecule has 40 heavy (non-hydrogen) atoms. The van der Waals surface area contributed by atoms with Crippen LogP contribution in [0.5, 0.6) is 5.75 Å². The van der Waals surface area contributed by atoms with Crippen LogP contribution < -0.4 is 10.1 Å². The smallest absolute Gasteiger partial charge is 0.165 e. The molecule has 0 saturated heterocycles. The minimum atomic E-state index is -0.182. The lowest BCUT2D eigenvalue weighted by Crippen LogP contribution is -2.29. The molecule has 0 saturated carbocycles. The highest BCUT2D eigenvalue weighted by Crippen LogP contribution is 2.23. The molecular formula is C34H38N4O2. The van der Waals surface area contributed by atoms with Crippen molar-refractivity contribution in [3.8, 4) is 11.8 Å². The molecule has 2 aromatic carbocycles. The Kier molecular flexibility index (Phi) is 10.7. The summed E-state index contributed by atoms with van der Waals surface area (Å²) >= 11 is 0. The van der Waals surface area contributed by atoms with E-state index in [9.17, 15) is 4.79 Å². The summed E-state index contributed by atoms with van der Waals surface area (Å²) in [5.41, 5.74) is 4.13. The molecule has 1 aliphatic carbocycles. The summed E-state index contributed by atoms with van der Waals surface area (Å²) in [5, 5.41) is 16.7. The number of nitriles is 1. The maximum atomic E-state index is 13.4. The van der Waals surface area contributed by atoms with Gasteiger partial charge in [0.2, 0.25) is 0 Å². The van der Waals surface area contributed by atoms with E-state index in [-0.39, 0.29) is 17.6 Å². The van der Waals surface area contributed by atoms with Crippen LogP contribution in [0.3, 0.4) is 0 Å². The molecule has 0 unspecified atom stereocenters. The number of aromatic nitrogens is 2. The number of carbonyl (C=O) groups is 1. The summed E-state index contributed by atoms with van der Waals surface area (Å²) in [5.74, 6) is 1.90. The molecule has 0 bridgehead atoms. The van der Waals surface area contributed by atoms with Crippen LogP contribution in [-0.4, -0.2) is 28.7 Å². The number of hydrogen-bond acceptors (Lipinski definition) is 5. The first-order chi connectivity index (χ1) is 19.5. The maximum absolute atomic E-state index is 13.4. The summed E-state index contributed by atoms with van der Waals surface area (Å²) in [6.07, 6.45) is 16.1. The molecule has 6 nitrogen and oxygen atoms in total. The van der Waals surface area contributed by atoms with E-state index in [4.69, 9.17) is 10.00 Å². The van der Waals surface area contributed by atoms with Gasteiger partial charge in [0.1, 0.15) is 11.5 Å². The van der Waals surface area contributed by atoms with Gasteiger partial charge in [-0.3, -0.25) is 9.48 Å². The third-order valence-corrected chi connectivity index (χ3v) is 7.18. The second-order valence-electron chi connectivity index (χ2n) is 10.3. The molecule has 1 aliphatic rings. The van der Waals surface area contributed by atoms with Crippen molar-refractivity contribution in [3.05, 3.63) is 119 Å². The number of nitrogens with one attached hydrogen (secondary N) is 1. The Bertz CT molecular complexity index is 1380.